The number of hydrogen-bond donors (Lipinski definition) is 3. The van der Waals surface area contributed by atoms with E-state index in [4.69, 9.17) is 5.11 Å². The van der Waals surface area contributed by atoms with Gasteiger partial charge in [-0.3, -0.25) is 4.79 Å². The minimum atomic E-state index is -3.81. The molecule has 1 heterocycles. The number of para-hydroxylation sites is 1. The summed E-state index contributed by atoms with van der Waals surface area (Å²) < 4.78 is 41.4. The zero-order valence-corrected chi connectivity index (χ0v) is 16.4. The summed E-state index contributed by atoms with van der Waals surface area (Å²) in [5.74, 6) is -1.47. The molecular weight excluding hydrogens is 395 g/mol. The topological polar surface area (TPSA) is 99.3 Å². The van der Waals surface area contributed by atoms with Crippen LogP contribution in [0.5, 0.6) is 0 Å². The molecule has 3 aromatic rings. The zero-order valence-electron chi connectivity index (χ0n) is 15.6. The van der Waals surface area contributed by atoms with E-state index in [-0.39, 0.29) is 23.3 Å². The van der Waals surface area contributed by atoms with Crippen LogP contribution in [0.4, 0.5) is 4.39 Å². The van der Waals surface area contributed by atoms with Crippen molar-refractivity contribution in [2.45, 2.75) is 42.5 Å². The van der Waals surface area contributed by atoms with Gasteiger partial charge in [-0.1, -0.05) is 18.2 Å². The highest BCUT2D eigenvalue weighted by molar-refractivity contribution is 7.89. The SMILES string of the molecule is O=C(O)CCC1CC(NS(=O)(=O)c2ccc(F)cc2)Cc2c1[nH]c1ccccc21. The van der Waals surface area contributed by atoms with E-state index < -0.39 is 21.8 Å². The number of aromatic amines is 1. The van der Waals surface area contributed by atoms with Crippen LogP contribution >= 0.6 is 0 Å². The molecule has 0 saturated carbocycles. The summed E-state index contributed by atoms with van der Waals surface area (Å²) in [4.78, 5) is 14.5. The predicted molar refractivity (Wildman–Crippen MR) is 107 cm³/mol. The molecule has 3 N–H and O–H groups in total. The molecule has 8 heteroatoms. The fourth-order valence-electron chi connectivity index (χ4n) is 4.13. The van der Waals surface area contributed by atoms with Gasteiger partial charge in [-0.25, -0.2) is 17.5 Å². The van der Waals surface area contributed by atoms with Crippen molar-refractivity contribution in [1.82, 2.24) is 9.71 Å². The smallest absolute Gasteiger partial charge is 0.303 e. The first-order valence-corrected chi connectivity index (χ1v) is 10.9. The Morgan fingerprint density at radius 3 is 2.62 bits per heavy atom. The molecule has 0 fully saturated rings. The summed E-state index contributed by atoms with van der Waals surface area (Å²) in [6.45, 7) is 0. The molecule has 0 spiro atoms. The third-order valence-corrected chi connectivity index (χ3v) is 6.96. The van der Waals surface area contributed by atoms with Crippen molar-refractivity contribution in [3.63, 3.8) is 0 Å². The van der Waals surface area contributed by atoms with E-state index in [1.54, 1.807) is 0 Å². The molecular formula is C21H21FN2O4S. The highest BCUT2D eigenvalue weighted by Crippen LogP contribution is 2.38. The fourth-order valence-corrected chi connectivity index (χ4v) is 5.38. The van der Waals surface area contributed by atoms with Crippen LogP contribution in [0, 0.1) is 5.82 Å². The number of benzene rings is 2. The van der Waals surface area contributed by atoms with Gasteiger partial charge in [0, 0.05) is 35.0 Å². The van der Waals surface area contributed by atoms with Crippen molar-refractivity contribution in [2.75, 3.05) is 0 Å². The number of halogens is 1. The van der Waals surface area contributed by atoms with E-state index in [1.807, 2.05) is 24.3 Å². The van der Waals surface area contributed by atoms with Crippen LogP contribution in [0.3, 0.4) is 0 Å². The van der Waals surface area contributed by atoms with Gasteiger partial charge in [0.25, 0.3) is 0 Å². The Hall–Kier alpha value is -2.71. The summed E-state index contributed by atoms with van der Waals surface area (Å²) >= 11 is 0. The van der Waals surface area contributed by atoms with Gasteiger partial charge >= 0.3 is 5.97 Å². The molecule has 1 aromatic heterocycles. The lowest BCUT2D eigenvalue weighted by Gasteiger charge is -2.30. The minimum absolute atomic E-state index is 0.00529. The molecule has 0 radical (unpaired) electrons. The lowest BCUT2D eigenvalue weighted by molar-refractivity contribution is -0.137. The van der Waals surface area contributed by atoms with Crippen LogP contribution in [-0.2, 0) is 21.2 Å². The van der Waals surface area contributed by atoms with Crippen LogP contribution in [0.2, 0.25) is 0 Å². The summed E-state index contributed by atoms with van der Waals surface area (Å²) in [5.41, 5.74) is 2.97. The van der Waals surface area contributed by atoms with Gasteiger partial charge in [0.1, 0.15) is 5.82 Å². The molecule has 0 amide bonds. The van der Waals surface area contributed by atoms with Crippen molar-refractivity contribution < 1.29 is 22.7 Å². The molecule has 29 heavy (non-hydrogen) atoms. The molecule has 0 aliphatic heterocycles. The normalized spacial score (nSPS) is 19.2. The second-order valence-electron chi connectivity index (χ2n) is 7.40. The molecule has 2 aromatic carbocycles. The monoisotopic (exact) mass is 416 g/mol. The lowest BCUT2D eigenvalue weighted by Crippen LogP contribution is -2.40. The first kappa shape index (κ1) is 19.6. The summed E-state index contributed by atoms with van der Waals surface area (Å²) in [5, 5.41) is 10.1. The summed E-state index contributed by atoms with van der Waals surface area (Å²) in [6.07, 6.45) is 1.43. The molecule has 0 saturated heterocycles. The van der Waals surface area contributed by atoms with Gasteiger partial charge in [-0.05, 0) is 55.2 Å². The average Bonchev–Trinajstić information content (AvgIpc) is 3.05. The lowest BCUT2D eigenvalue weighted by atomic mass is 9.81. The molecule has 0 bridgehead atoms. The van der Waals surface area contributed by atoms with Crippen molar-refractivity contribution in [3.05, 3.63) is 65.6 Å². The second-order valence-corrected chi connectivity index (χ2v) is 9.12. The zero-order chi connectivity index (χ0) is 20.6. The average molecular weight is 416 g/mol. The Kier molecular flexibility index (Phi) is 5.14. The number of hydrogen-bond acceptors (Lipinski definition) is 3. The standard InChI is InChI=1S/C21H21FN2O4S/c22-14-6-8-16(9-7-14)29(27,28)24-15-11-13(5-10-20(25)26)21-18(12-15)17-3-1-2-4-19(17)23-21/h1-4,6-9,13,15,23-24H,5,10-12H2,(H,25,26). The number of sulfonamides is 1. The summed E-state index contributed by atoms with van der Waals surface area (Å²) in [7, 11) is -3.81. The number of nitrogens with one attached hydrogen (secondary N) is 2. The third-order valence-electron chi connectivity index (χ3n) is 5.43. The molecule has 1 aliphatic rings. The predicted octanol–water partition coefficient (Wildman–Crippen LogP) is 3.55. The molecule has 1 aliphatic carbocycles. The highest BCUT2D eigenvalue weighted by atomic mass is 32.2. The van der Waals surface area contributed by atoms with E-state index in [2.05, 4.69) is 9.71 Å². The molecule has 152 valence electrons. The number of aromatic nitrogens is 1. The molecule has 6 nitrogen and oxygen atoms in total. The van der Waals surface area contributed by atoms with Crippen LogP contribution in [0.15, 0.2) is 53.4 Å². The van der Waals surface area contributed by atoms with Crippen molar-refractivity contribution in [2.24, 2.45) is 0 Å². The molecule has 4 rings (SSSR count). The van der Waals surface area contributed by atoms with E-state index in [9.17, 15) is 17.6 Å². The maximum atomic E-state index is 13.1. The second kappa shape index (κ2) is 7.61. The number of rotatable bonds is 6. The van der Waals surface area contributed by atoms with Gasteiger partial charge in [0.2, 0.25) is 10.0 Å². The summed E-state index contributed by atoms with van der Waals surface area (Å²) in [6, 6.07) is 12.1. The van der Waals surface area contributed by atoms with Gasteiger partial charge in [-0.2, -0.15) is 0 Å². The molecule has 2 atom stereocenters. The van der Waals surface area contributed by atoms with Gasteiger partial charge in [0.15, 0.2) is 0 Å². The number of carbonyl (C=O) groups is 1. The van der Waals surface area contributed by atoms with Crippen molar-refractivity contribution in [1.29, 1.82) is 0 Å². The van der Waals surface area contributed by atoms with E-state index in [0.29, 0.717) is 19.3 Å². The van der Waals surface area contributed by atoms with Gasteiger partial charge < -0.3 is 10.1 Å². The Bertz CT molecular complexity index is 1160. The number of fused-ring (bicyclic) bond motifs is 3. The number of carboxylic acid groups (broad SMARTS) is 1. The van der Waals surface area contributed by atoms with Crippen LogP contribution in [-0.4, -0.2) is 30.5 Å². The van der Waals surface area contributed by atoms with Gasteiger partial charge in [-0.15, -0.1) is 0 Å². The van der Waals surface area contributed by atoms with E-state index in [0.717, 1.165) is 34.3 Å². The van der Waals surface area contributed by atoms with Crippen molar-refractivity contribution >= 4 is 26.9 Å². The largest absolute Gasteiger partial charge is 0.481 e. The van der Waals surface area contributed by atoms with Crippen LogP contribution in [0.25, 0.3) is 10.9 Å². The maximum absolute atomic E-state index is 13.1. The van der Waals surface area contributed by atoms with Crippen LogP contribution in [0.1, 0.15) is 36.4 Å². The first-order chi connectivity index (χ1) is 13.8. The highest BCUT2D eigenvalue weighted by Gasteiger charge is 2.32. The quantitative estimate of drug-likeness (QED) is 0.572. The van der Waals surface area contributed by atoms with Crippen LogP contribution < -0.4 is 4.72 Å². The number of carboxylic acids is 1. The number of H-pyrrole nitrogens is 1. The fraction of sp³-hybridized carbons (Fsp3) is 0.286. The van der Waals surface area contributed by atoms with Gasteiger partial charge in [0.05, 0.1) is 4.90 Å². The van der Waals surface area contributed by atoms with E-state index >= 15 is 0 Å². The Balaban J connectivity index is 1.65. The Morgan fingerprint density at radius 2 is 1.90 bits per heavy atom. The molecule has 2 unspecified atom stereocenters. The maximum Gasteiger partial charge on any atom is 0.303 e. The van der Waals surface area contributed by atoms with Crippen molar-refractivity contribution in [3.8, 4) is 0 Å². The number of aliphatic carboxylic acids is 1. The Morgan fingerprint density at radius 1 is 1.17 bits per heavy atom. The first-order valence-electron chi connectivity index (χ1n) is 9.42. The minimum Gasteiger partial charge on any atom is -0.481 e. The van der Waals surface area contributed by atoms with E-state index in [1.165, 1.54) is 12.1 Å². The Labute approximate surface area is 167 Å². The third kappa shape index (κ3) is 4.04.